The van der Waals surface area contributed by atoms with Gasteiger partial charge in [0.25, 0.3) is 0 Å². The van der Waals surface area contributed by atoms with Crippen LogP contribution in [0.15, 0.2) is 12.3 Å². The van der Waals surface area contributed by atoms with Gasteiger partial charge in [0.2, 0.25) is 11.8 Å². The molecular formula is C12H20N4O. The predicted octanol–water partition coefficient (Wildman–Crippen LogP) is 1.05. The molecule has 1 aliphatic heterocycles. The molecule has 0 saturated carbocycles. The highest BCUT2D eigenvalue weighted by Crippen LogP contribution is 2.27. The number of hydrogen-bond acceptors (Lipinski definition) is 5. The van der Waals surface area contributed by atoms with Crippen molar-refractivity contribution in [3.63, 3.8) is 0 Å². The van der Waals surface area contributed by atoms with Gasteiger partial charge in [0.1, 0.15) is 0 Å². The Hall–Kier alpha value is -1.36. The molecular weight excluding hydrogens is 216 g/mol. The Bertz CT molecular complexity index is 371. The fraction of sp³-hybridized carbons (Fsp3) is 0.667. The number of ether oxygens (including phenoxy) is 1. The lowest BCUT2D eigenvalue weighted by molar-refractivity contribution is 0.326. The van der Waals surface area contributed by atoms with Gasteiger partial charge in [-0.25, -0.2) is 4.98 Å². The molecule has 1 fully saturated rings. The molecule has 1 aliphatic rings. The van der Waals surface area contributed by atoms with E-state index >= 15 is 0 Å². The van der Waals surface area contributed by atoms with Crippen molar-refractivity contribution in [2.75, 3.05) is 24.6 Å². The summed E-state index contributed by atoms with van der Waals surface area (Å²) in [5, 5.41) is 0. The van der Waals surface area contributed by atoms with Gasteiger partial charge in [0.15, 0.2) is 0 Å². The lowest BCUT2D eigenvalue weighted by Gasteiger charge is -2.25. The van der Waals surface area contributed by atoms with Crippen molar-refractivity contribution in [3.8, 4) is 5.88 Å². The Balaban J connectivity index is 2.18. The first-order chi connectivity index (χ1) is 8.26. The van der Waals surface area contributed by atoms with Crippen molar-refractivity contribution >= 4 is 5.95 Å². The van der Waals surface area contributed by atoms with Gasteiger partial charge in [-0.05, 0) is 19.3 Å². The van der Waals surface area contributed by atoms with E-state index in [9.17, 15) is 0 Å². The molecule has 2 rings (SSSR count). The Labute approximate surface area is 102 Å². The maximum atomic E-state index is 5.82. The van der Waals surface area contributed by atoms with Crippen molar-refractivity contribution in [1.82, 2.24) is 9.97 Å². The molecule has 0 spiro atoms. The summed E-state index contributed by atoms with van der Waals surface area (Å²) < 4.78 is 5.39. The van der Waals surface area contributed by atoms with E-state index in [0.29, 0.717) is 31.0 Å². The van der Waals surface area contributed by atoms with E-state index in [2.05, 4.69) is 21.8 Å². The first-order valence-corrected chi connectivity index (χ1v) is 6.18. The smallest absolute Gasteiger partial charge is 0.228 e. The quantitative estimate of drug-likeness (QED) is 0.846. The Morgan fingerprint density at radius 2 is 2.41 bits per heavy atom. The zero-order valence-corrected chi connectivity index (χ0v) is 10.5. The third kappa shape index (κ3) is 2.49. The maximum Gasteiger partial charge on any atom is 0.228 e. The minimum atomic E-state index is 0.340. The molecule has 0 bridgehead atoms. The summed E-state index contributed by atoms with van der Waals surface area (Å²) in [6.07, 6.45) is 2.88. The molecule has 2 unspecified atom stereocenters. The summed E-state index contributed by atoms with van der Waals surface area (Å²) in [5.41, 5.74) is 5.82. The number of aromatic nitrogens is 2. The first kappa shape index (κ1) is 12.1. The first-order valence-electron chi connectivity index (χ1n) is 6.18. The van der Waals surface area contributed by atoms with Crippen LogP contribution >= 0.6 is 0 Å². The van der Waals surface area contributed by atoms with Gasteiger partial charge in [0.05, 0.1) is 6.61 Å². The van der Waals surface area contributed by atoms with Gasteiger partial charge < -0.3 is 15.4 Å². The van der Waals surface area contributed by atoms with E-state index < -0.39 is 0 Å². The fourth-order valence-corrected chi connectivity index (χ4v) is 2.32. The molecule has 2 atom stereocenters. The number of nitrogens with two attached hydrogens (primary N) is 1. The standard InChI is InChI=1S/C12H20N4O/c1-3-17-11-4-6-14-12(15-11)16-7-5-9(2)10(16)8-13/h4,6,9-10H,3,5,7-8,13H2,1-2H3. The topological polar surface area (TPSA) is 64.3 Å². The van der Waals surface area contributed by atoms with Gasteiger partial charge in [-0.3, -0.25) is 0 Å². The molecule has 94 valence electrons. The molecule has 1 aromatic rings. The molecule has 0 aromatic carbocycles. The highest BCUT2D eigenvalue weighted by Gasteiger charge is 2.31. The number of nitrogens with zero attached hydrogens (tertiary/aromatic N) is 3. The molecule has 2 N–H and O–H groups in total. The Morgan fingerprint density at radius 3 is 3.12 bits per heavy atom. The van der Waals surface area contributed by atoms with Crippen LogP contribution in [0.1, 0.15) is 20.3 Å². The van der Waals surface area contributed by atoms with Crippen LogP contribution in [0, 0.1) is 5.92 Å². The molecule has 1 aromatic heterocycles. The maximum absolute atomic E-state index is 5.82. The van der Waals surface area contributed by atoms with Crippen molar-refractivity contribution in [2.45, 2.75) is 26.3 Å². The normalized spacial score (nSPS) is 24.1. The van der Waals surface area contributed by atoms with Gasteiger partial charge in [0, 0.05) is 31.4 Å². The van der Waals surface area contributed by atoms with Crippen LogP contribution in [0.5, 0.6) is 5.88 Å². The van der Waals surface area contributed by atoms with Crippen LogP contribution in [0.2, 0.25) is 0 Å². The zero-order valence-electron chi connectivity index (χ0n) is 10.5. The van der Waals surface area contributed by atoms with Crippen molar-refractivity contribution < 1.29 is 4.74 Å². The van der Waals surface area contributed by atoms with Crippen molar-refractivity contribution in [3.05, 3.63) is 12.3 Å². The molecule has 5 heteroatoms. The highest BCUT2D eigenvalue weighted by atomic mass is 16.5. The Morgan fingerprint density at radius 1 is 1.59 bits per heavy atom. The molecule has 2 heterocycles. The van der Waals surface area contributed by atoms with Crippen LogP contribution < -0.4 is 15.4 Å². The number of anilines is 1. The minimum Gasteiger partial charge on any atom is -0.478 e. The molecule has 0 amide bonds. The van der Waals surface area contributed by atoms with E-state index in [-0.39, 0.29) is 0 Å². The summed E-state index contributed by atoms with van der Waals surface area (Å²) >= 11 is 0. The summed E-state index contributed by atoms with van der Waals surface area (Å²) in [7, 11) is 0. The monoisotopic (exact) mass is 236 g/mol. The van der Waals surface area contributed by atoms with Gasteiger partial charge in [-0.2, -0.15) is 4.98 Å². The Kier molecular flexibility index (Phi) is 3.78. The molecule has 0 radical (unpaired) electrons. The summed E-state index contributed by atoms with van der Waals surface area (Å²) in [5.74, 6) is 1.96. The van der Waals surface area contributed by atoms with Gasteiger partial charge in [-0.1, -0.05) is 6.92 Å². The van der Waals surface area contributed by atoms with Crippen LogP contribution in [-0.4, -0.2) is 35.7 Å². The fourth-order valence-electron chi connectivity index (χ4n) is 2.32. The number of rotatable bonds is 4. The highest BCUT2D eigenvalue weighted by molar-refractivity contribution is 5.36. The SMILES string of the molecule is CCOc1ccnc(N2CCC(C)C2CN)n1. The molecule has 0 aliphatic carbocycles. The van der Waals surface area contributed by atoms with Gasteiger partial charge >= 0.3 is 0 Å². The third-order valence-corrected chi connectivity index (χ3v) is 3.29. The average molecular weight is 236 g/mol. The summed E-state index contributed by atoms with van der Waals surface area (Å²) in [6, 6.07) is 2.12. The van der Waals surface area contributed by atoms with E-state index in [1.54, 1.807) is 12.3 Å². The zero-order chi connectivity index (χ0) is 12.3. The largest absolute Gasteiger partial charge is 0.478 e. The van der Waals surface area contributed by atoms with Crippen LogP contribution in [-0.2, 0) is 0 Å². The lowest BCUT2D eigenvalue weighted by Crippen LogP contribution is -2.39. The summed E-state index contributed by atoms with van der Waals surface area (Å²) in [6.45, 7) is 6.40. The average Bonchev–Trinajstić information content (AvgIpc) is 2.71. The molecule has 5 nitrogen and oxygen atoms in total. The second-order valence-corrected chi connectivity index (χ2v) is 4.39. The van der Waals surface area contributed by atoms with Crippen LogP contribution in [0.25, 0.3) is 0 Å². The predicted molar refractivity (Wildman–Crippen MR) is 67.2 cm³/mol. The lowest BCUT2D eigenvalue weighted by atomic mass is 10.0. The van der Waals surface area contributed by atoms with Gasteiger partial charge in [-0.15, -0.1) is 0 Å². The van der Waals surface area contributed by atoms with E-state index in [1.807, 2.05) is 6.92 Å². The molecule has 17 heavy (non-hydrogen) atoms. The van der Waals surface area contributed by atoms with Crippen molar-refractivity contribution in [1.29, 1.82) is 0 Å². The summed E-state index contributed by atoms with van der Waals surface area (Å²) in [4.78, 5) is 10.9. The van der Waals surface area contributed by atoms with Crippen LogP contribution in [0.4, 0.5) is 5.95 Å². The van der Waals surface area contributed by atoms with Crippen molar-refractivity contribution in [2.24, 2.45) is 11.7 Å². The minimum absolute atomic E-state index is 0.340. The second-order valence-electron chi connectivity index (χ2n) is 4.39. The van der Waals surface area contributed by atoms with E-state index in [1.165, 1.54) is 0 Å². The molecule has 1 saturated heterocycles. The van der Waals surface area contributed by atoms with E-state index in [0.717, 1.165) is 18.9 Å². The number of hydrogen-bond donors (Lipinski definition) is 1. The van der Waals surface area contributed by atoms with Crippen LogP contribution in [0.3, 0.4) is 0 Å². The van der Waals surface area contributed by atoms with E-state index in [4.69, 9.17) is 10.5 Å². The third-order valence-electron chi connectivity index (χ3n) is 3.29. The second kappa shape index (κ2) is 5.31.